The Morgan fingerprint density at radius 2 is 2.23 bits per heavy atom. The van der Waals surface area contributed by atoms with Crippen LogP contribution in [0.4, 0.5) is 0 Å². The molecule has 1 fully saturated rings. The topological polar surface area (TPSA) is 31.5 Å². The molecule has 1 aromatic carbocycles. The van der Waals surface area contributed by atoms with Crippen LogP contribution in [0.15, 0.2) is 18.2 Å². The van der Waals surface area contributed by atoms with Crippen molar-refractivity contribution in [1.29, 1.82) is 0 Å². The van der Waals surface area contributed by atoms with E-state index in [-0.39, 0.29) is 0 Å². The molecule has 2 aromatic rings. The minimum Gasteiger partial charge on any atom is -0.497 e. The molecule has 1 aromatic heterocycles. The summed E-state index contributed by atoms with van der Waals surface area (Å²) in [7, 11) is 4.01. The van der Waals surface area contributed by atoms with Gasteiger partial charge in [-0.3, -0.25) is 4.90 Å². The zero-order valence-corrected chi connectivity index (χ0v) is 13.6. The number of hydrogen-bond acceptors (Lipinski definition) is 3. The molecule has 3 heterocycles. The van der Waals surface area contributed by atoms with Crippen LogP contribution in [-0.4, -0.2) is 54.6 Å². The van der Waals surface area contributed by atoms with E-state index in [1.165, 1.54) is 54.6 Å². The molecule has 0 unspecified atom stereocenters. The lowest BCUT2D eigenvalue weighted by Crippen LogP contribution is -2.40. The predicted octanol–water partition coefficient (Wildman–Crippen LogP) is 2.63. The lowest BCUT2D eigenvalue weighted by atomic mass is 10.0. The summed E-state index contributed by atoms with van der Waals surface area (Å²) in [4.78, 5) is 8.75. The van der Waals surface area contributed by atoms with Gasteiger partial charge in [0, 0.05) is 48.7 Å². The number of likely N-dealkylation sites (N-methyl/N-ethyl adjacent to an activating group) is 1. The smallest absolute Gasteiger partial charge is 0.119 e. The van der Waals surface area contributed by atoms with E-state index in [1.54, 1.807) is 7.11 Å². The second-order valence-electron chi connectivity index (χ2n) is 6.76. The number of nitrogens with zero attached hydrogens (tertiary/aromatic N) is 2. The molecule has 2 aliphatic heterocycles. The molecule has 1 N–H and O–H groups in total. The van der Waals surface area contributed by atoms with Gasteiger partial charge < -0.3 is 14.6 Å². The average Bonchev–Trinajstić information content (AvgIpc) is 3.10. The lowest BCUT2D eigenvalue weighted by Gasteiger charge is -2.31. The molecule has 2 aliphatic rings. The van der Waals surface area contributed by atoms with Gasteiger partial charge in [-0.25, -0.2) is 0 Å². The Kier molecular flexibility index (Phi) is 3.59. The van der Waals surface area contributed by atoms with Crippen molar-refractivity contribution < 1.29 is 4.74 Å². The van der Waals surface area contributed by atoms with Crippen LogP contribution in [0.2, 0.25) is 0 Å². The first-order valence-electron chi connectivity index (χ1n) is 8.34. The van der Waals surface area contributed by atoms with E-state index in [2.05, 4.69) is 34.0 Å². The molecule has 4 nitrogen and oxygen atoms in total. The highest BCUT2D eigenvalue weighted by Gasteiger charge is 2.26. The first kappa shape index (κ1) is 14.1. The summed E-state index contributed by atoms with van der Waals surface area (Å²) in [5, 5.41) is 1.33. The van der Waals surface area contributed by atoms with Gasteiger partial charge in [0.15, 0.2) is 0 Å². The largest absolute Gasteiger partial charge is 0.497 e. The third kappa shape index (κ3) is 2.40. The molecule has 4 rings (SSSR count). The van der Waals surface area contributed by atoms with Crippen molar-refractivity contribution in [2.75, 3.05) is 33.8 Å². The molecule has 1 atom stereocenters. The third-order valence-corrected chi connectivity index (χ3v) is 5.40. The van der Waals surface area contributed by atoms with E-state index in [4.69, 9.17) is 4.74 Å². The Balaban J connectivity index is 1.58. The molecule has 118 valence electrons. The number of hydrogen-bond donors (Lipinski definition) is 1. The van der Waals surface area contributed by atoms with Gasteiger partial charge in [0.2, 0.25) is 0 Å². The van der Waals surface area contributed by atoms with Crippen LogP contribution < -0.4 is 4.74 Å². The van der Waals surface area contributed by atoms with Gasteiger partial charge in [-0.1, -0.05) is 0 Å². The van der Waals surface area contributed by atoms with Crippen LogP contribution in [0, 0.1) is 0 Å². The minimum absolute atomic E-state index is 0.737. The second kappa shape index (κ2) is 5.60. The van der Waals surface area contributed by atoms with E-state index in [9.17, 15) is 0 Å². The highest BCUT2D eigenvalue weighted by atomic mass is 16.5. The predicted molar refractivity (Wildman–Crippen MR) is 89.5 cm³/mol. The second-order valence-corrected chi connectivity index (χ2v) is 6.76. The van der Waals surface area contributed by atoms with Crippen molar-refractivity contribution in [2.24, 2.45) is 0 Å². The monoisotopic (exact) mass is 299 g/mol. The van der Waals surface area contributed by atoms with Gasteiger partial charge in [-0.05, 0) is 50.2 Å². The molecule has 22 heavy (non-hydrogen) atoms. The Morgan fingerprint density at radius 3 is 3.00 bits per heavy atom. The standard InChI is InChI=1S/C18H25N3O/c1-20-8-3-4-13(20)11-21-9-7-18-16(12-21)15-10-14(22-2)5-6-17(15)19-18/h5-6,10,13,19H,3-4,7-9,11-12H2,1-2H3/t13-/m1/s1. The summed E-state index contributed by atoms with van der Waals surface area (Å²) in [6.45, 7) is 4.69. The zero-order chi connectivity index (χ0) is 15.1. The molecular weight excluding hydrogens is 274 g/mol. The molecule has 0 spiro atoms. The van der Waals surface area contributed by atoms with Gasteiger partial charge in [-0.15, -0.1) is 0 Å². The number of fused-ring (bicyclic) bond motifs is 3. The Morgan fingerprint density at radius 1 is 1.32 bits per heavy atom. The number of methoxy groups -OCH3 is 1. The molecule has 0 saturated carbocycles. The van der Waals surface area contributed by atoms with Gasteiger partial charge in [0.05, 0.1) is 7.11 Å². The molecule has 0 aliphatic carbocycles. The number of nitrogens with one attached hydrogen (secondary N) is 1. The van der Waals surface area contributed by atoms with Crippen LogP contribution in [-0.2, 0) is 13.0 Å². The van der Waals surface area contributed by atoms with Crippen molar-refractivity contribution in [1.82, 2.24) is 14.8 Å². The van der Waals surface area contributed by atoms with E-state index in [0.717, 1.165) is 24.8 Å². The molecule has 4 heteroatoms. The summed E-state index contributed by atoms with van der Waals surface area (Å²) in [6.07, 6.45) is 3.83. The fraction of sp³-hybridized carbons (Fsp3) is 0.556. The number of likely N-dealkylation sites (tertiary alicyclic amines) is 1. The first-order chi connectivity index (χ1) is 10.7. The number of aromatic amines is 1. The van der Waals surface area contributed by atoms with Crippen molar-refractivity contribution >= 4 is 10.9 Å². The fourth-order valence-electron chi connectivity index (χ4n) is 4.04. The molecule has 0 radical (unpaired) electrons. The van der Waals surface area contributed by atoms with Crippen LogP contribution >= 0.6 is 0 Å². The Labute approximate surface area is 132 Å². The average molecular weight is 299 g/mol. The summed E-state index contributed by atoms with van der Waals surface area (Å²) in [6, 6.07) is 7.09. The molecule has 0 amide bonds. The molecule has 1 saturated heterocycles. The summed E-state index contributed by atoms with van der Waals surface area (Å²) in [5.74, 6) is 0.946. The van der Waals surface area contributed by atoms with E-state index < -0.39 is 0 Å². The van der Waals surface area contributed by atoms with E-state index >= 15 is 0 Å². The van der Waals surface area contributed by atoms with Crippen molar-refractivity contribution in [3.8, 4) is 5.75 Å². The van der Waals surface area contributed by atoms with Crippen LogP contribution in [0.5, 0.6) is 5.75 Å². The van der Waals surface area contributed by atoms with Crippen molar-refractivity contribution in [2.45, 2.75) is 31.8 Å². The van der Waals surface area contributed by atoms with Crippen molar-refractivity contribution in [3.63, 3.8) is 0 Å². The Hall–Kier alpha value is -1.52. The SMILES string of the molecule is COc1ccc2[nH]c3c(c2c1)CN(C[C@H]1CCCN1C)CC3. The lowest BCUT2D eigenvalue weighted by molar-refractivity contribution is 0.181. The maximum absolute atomic E-state index is 5.40. The molecular formula is C18H25N3O. The number of ether oxygens (including phenoxy) is 1. The normalized spacial score (nSPS) is 23.1. The zero-order valence-electron chi connectivity index (χ0n) is 13.6. The Bertz CT molecular complexity index is 678. The fourth-order valence-corrected chi connectivity index (χ4v) is 4.04. The minimum atomic E-state index is 0.737. The van der Waals surface area contributed by atoms with Gasteiger partial charge in [0.1, 0.15) is 5.75 Å². The summed E-state index contributed by atoms with van der Waals surface area (Å²) >= 11 is 0. The number of H-pyrrole nitrogens is 1. The van der Waals surface area contributed by atoms with Gasteiger partial charge in [0.25, 0.3) is 0 Å². The third-order valence-electron chi connectivity index (χ3n) is 5.40. The maximum atomic E-state index is 5.40. The van der Waals surface area contributed by atoms with E-state index in [0.29, 0.717) is 0 Å². The maximum Gasteiger partial charge on any atom is 0.119 e. The number of benzene rings is 1. The van der Waals surface area contributed by atoms with Crippen LogP contribution in [0.3, 0.4) is 0 Å². The first-order valence-corrected chi connectivity index (χ1v) is 8.34. The molecule has 0 bridgehead atoms. The van der Waals surface area contributed by atoms with Crippen LogP contribution in [0.25, 0.3) is 10.9 Å². The highest BCUT2D eigenvalue weighted by molar-refractivity contribution is 5.86. The van der Waals surface area contributed by atoms with E-state index in [1.807, 2.05) is 6.07 Å². The quantitative estimate of drug-likeness (QED) is 0.945. The van der Waals surface area contributed by atoms with Gasteiger partial charge in [-0.2, -0.15) is 0 Å². The number of aromatic nitrogens is 1. The van der Waals surface area contributed by atoms with Crippen LogP contribution in [0.1, 0.15) is 24.1 Å². The summed E-state index contributed by atoms with van der Waals surface area (Å²) < 4.78 is 5.40. The van der Waals surface area contributed by atoms with Crippen molar-refractivity contribution in [3.05, 3.63) is 29.5 Å². The number of rotatable bonds is 3. The highest BCUT2D eigenvalue weighted by Crippen LogP contribution is 2.31. The summed E-state index contributed by atoms with van der Waals surface area (Å²) in [5.41, 5.74) is 4.13. The van der Waals surface area contributed by atoms with Gasteiger partial charge >= 0.3 is 0 Å².